The van der Waals surface area contributed by atoms with Gasteiger partial charge in [-0.25, -0.2) is 0 Å². The first-order valence-electron chi connectivity index (χ1n) is 6.81. The van der Waals surface area contributed by atoms with Crippen LogP contribution in [-0.4, -0.2) is 16.6 Å². The zero-order valence-corrected chi connectivity index (χ0v) is 11.9. The number of nitrogens with one attached hydrogen (secondary N) is 1. The minimum absolute atomic E-state index is 0.000337. The quantitative estimate of drug-likeness (QED) is 0.738. The molecule has 1 N–H and O–H groups in total. The summed E-state index contributed by atoms with van der Waals surface area (Å²) in [5.74, 6) is -0.0119. The van der Waals surface area contributed by atoms with Crippen LogP contribution in [0.15, 0.2) is 48.5 Å². The van der Waals surface area contributed by atoms with Crippen molar-refractivity contribution in [3.8, 4) is 0 Å². The van der Waals surface area contributed by atoms with Gasteiger partial charge in [-0.2, -0.15) is 0 Å². The first-order chi connectivity index (χ1) is 10.1. The second-order valence-electron chi connectivity index (χ2n) is 5.14. The lowest BCUT2D eigenvalue weighted by Gasteiger charge is -2.02. The average Bonchev–Trinajstić information content (AvgIpc) is 2.84. The Morgan fingerprint density at radius 3 is 2.33 bits per heavy atom. The maximum atomic E-state index is 12.5. The highest BCUT2D eigenvalue weighted by Crippen LogP contribution is 2.24. The standard InChI is InChI=1S/C18H15NO2/c1-11-15-10-14(18(21)13-6-4-3-5-7-13)8-9-16(15)19-17(11)12(2)20/h3-10,19H,1-2H3. The molecule has 3 nitrogen and oxygen atoms in total. The number of aromatic amines is 1. The Balaban J connectivity index is 2.11. The van der Waals surface area contributed by atoms with E-state index >= 15 is 0 Å². The van der Waals surface area contributed by atoms with Crippen LogP contribution < -0.4 is 0 Å². The topological polar surface area (TPSA) is 49.9 Å². The monoisotopic (exact) mass is 277 g/mol. The van der Waals surface area contributed by atoms with Gasteiger partial charge in [0.1, 0.15) is 0 Å². The molecule has 0 spiro atoms. The number of carbonyl (C=O) groups is 2. The van der Waals surface area contributed by atoms with Crippen molar-refractivity contribution < 1.29 is 9.59 Å². The third kappa shape index (κ3) is 2.27. The highest BCUT2D eigenvalue weighted by Gasteiger charge is 2.14. The van der Waals surface area contributed by atoms with E-state index in [9.17, 15) is 9.59 Å². The molecule has 0 unspecified atom stereocenters. The average molecular weight is 277 g/mol. The van der Waals surface area contributed by atoms with Gasteiger partial charge in [0.25, 0.3) is 0 Å². The molecule has 0 amide bonds. The number of hydrogen-bond acceptors (Lipinski definition) is 2. The summed E-state index contributed by atoms with van der Waals surface area (Å²) in [5, 5.41) is 0.919. The van der Waals surface area contributed by atoms with E-state index in [1.807, 2.05) is 37.3 Å². The first-order valence-corrected chi connectivity index (χ1v) is 6.81. The van der Waals surface area contributed by atoms with Gasteiger partial charge in [0, 0.05) is 29.0 Å². The third-order valence-electron chi connectivity index (χ3n) is 3.71. The van der Waals surface area contributed by atoms with Crippen molar-refractivity contribution in [2.45, 2.75) is 13.8 Å². The number of benzene rings is 2. The maximum Gasteiger partial charge on any atom is 0.193 e. The highest BCUT2D eigenvalue weighted by atomic mass is 16.1. The number of H-pyrrole nitrogens is 1. The van der Waals surface area contributed by atoms with Gasteiger partial charge in [-0.15, -0.1) is 0 Å². The van der Waals surface area contributed by atoms with Crippen LogP contribution in [0.5, 0.6) is 0 Å². The fraction of sp³-hybridized carbons (Fsp3) is 0.111. The lowest BCUT2D eigenvalue weighted by Crippen LogP contribution is -2.00. The summed E-state index contributed by atoms with van der Waals surface area (Å²) in [7, 11) is 0. The van der Waals surface area contributed by atoms with E-state index in [4.69, 9.17) is 0 Å². The summed E-state index contributed by atoms with van der Waals surface area (Å²) in [5.41, 5.74) is 3.67. The molecular weight excluding hydrogens is 262 g/mol. The highest BCUT2D eigenvalue weighted by molar-refractivity contribution is 6.11. The van der Waals surface area contributed by atoms with Gasteiger partial charge >= 0.3 is 0 Å². The van der Waals surface area contributed by atoms with Crippen LogP contribution >= 0.6 is 0 Å². The van der Waals surface area contributed by atoms with Gasteiger partial charge in [-0.3, -0.25) is 9.59 Å². The zero-order valence-electron chi connectivity index (χ0n) is 11.9. The van der Waals surface area contributed by atoms with Gasteiger partial charge in [-0.1, -0.05) is 30.3 Å². The van der Waals surface area contributed by atoms with Crippen molar-refractivity contribution >= 4 is 22.5 Å². The summed E-state index contributed by atoms with van der Waals surface area (Å²) >= 11 is 0. The lowest BCUT2D eigenvalue weighted by atomic mass is 10.0. The molecule has 104 valence electrons. The molecule has 3 aromatic rings. The molecule has 0 aliphatic carbocycles. The Morgan fingerprint density at radius 2 is 1.67 bits per heavy atom. The van der Waals surface area contributed by atoms with Crippen LogP contribution in [0.4, 0.5) is 0 Å². The van der Waals surface area contributed by atoms with Crippen molar-refractivity contribution in [2.75, 3.05) is 0 Å². The van der Waals surface area contributed by atoms with Crippen LogP contribution in [0.25, 0.3) is 10.9 Å². The number of hydrogen-bond donors (Lipinski definition) is 1. The maximum absolute atomic E-state index is 12.5. The molecule has 0 fully saturated rings. The molecule has 0 bridgehead atoms. The van der Waals surface area contributed by atoms with E-state index < -0.39 is 0 Å². The molecule has 0 aliphatic heterocycles. The number of ketones is 2. The van der Waals surface area contributed by atoms with E-state index in [-0.39, 0.29) is 11.6 Å². The smallest absolute Gasteiger partial charge is 0.193 e. The number of Topliss-reactive ketones (excluding diaryl/α,β-unsaturated/α-hetero) is 1. The van der Waals surface area contributed by atoms with Crippen LogP contribution in [-0.2, 0) is 0 Å². The summed E-state index contributed by atoms with van der Waals surface area (Å²) in [6.07, 6.45) is 0. The fourth-order valence-corrected chi connectivity index (χ4v) is 2.58. The van der Waals surface area contributed by atoms with E-state index in [2.05, 4.69) is 4.98 Å². The minimum Gasteiger partial charge on any atom is -0.352 e. The third-order valence-corrected chi connectivity index (χ3v) is 3.71. The van der Waals surface area contributed by atoms with Gasteiger partial charge in [0.2, 0.25) is 0 Å². The van der Waals surface area contributed by atoms with Gasteiger partial charge < -0.3 is 4.98 Å². The molecule has 0 saturated carbocycles. The van der Waals surface area contributed by atoms with Crippen molar-refractivity contribution in [1.82, 2.24) is 4.98 Å². The number of aromatic nitrogens is 1. The molecule has 0 atom stereocenters. The predicted octanol–water partition coefficient (Wildman–Crippen LogP) is 3.91. The zero-order chi connectivity index (χ0) is 15.0. The molecule has 3 rings (SSSR count). The summed E-state index contributed by atoms with van der Waals surface area (Å²) in [6.45, 7) is 3.43. The number of rotatable bonds is 3. The van der Waals surface area contributed by atoms with Crippen LogP contribution in [0.1, 0.15) is 38.9 Å². The van der Waals surface area contributed by atoms with Crippen molar-refractivity contribution in [2.24, 2.45) is 0 Å². The van der Waals surface area contributed by atoms with E-state index in [1.165, 1.54) is 6.92 Å². The number of aryl methyl sites for hydroxylation is 1. The first kappa shape index (κ1) is 13.3. The Morgan fingerprint density at radius 1 is 0.952 bits per heavy atom. The van der Waals surface area contributed by atoms with E-state index in [0.29, 0.717) is 16.8 Å². The molecule has 3 heteroatoms. The van der Waals surface area contributed by atoms with E-state index in [1.54, 1.807) is 18.2 Å². The molecule has 0 saturated heterocycles. The SMILES string of the molecule is CC(=O)c1[nH]c2ccc(C(=O)c3ccccc3)cc2c1C. The molecule has 21 heavy (non-hydrogen) atoms. The summed E-state index contributed by atoms with van der Waals surface area (Å²) in [4.78, 5) is 27.2. The van der Waals surface area contributed by atoms with Crippen molar-refractivity contribution in [1.29, 1.82) is 0 Å². The molecule has 1 heterocycles. The summed E-state index contributed by atoms with van der Waals surface area (Å²) < 4.78 is 0. The minimum atomic E-state index is -0.0116. The molecule has 2 aromatic carbocycles. The van der Waals surface area contributed by atoms with Crippen molar-refractivity contribution in [3.63, 3.8) is 0 Å². The van der Waals surface area contributed by atoms with Gasteiger partial charge in [0.15, 0.2) is 11.6 Å². The predicted molar refractivity (Wildman–Crippen MR) is 82.9 cm³/mol. The normalized spacial score (nSPS) is 10.8. The van der Waals surface area contributed by atoms with Gasteiger partial charge in [0.05, 0.1) is 5.69 Å². The van der Waals surface area contributed by atoms with Crippen molar-refractivity contribution in [3.05, 3.63) is 70.9 Å². The summed E-state index contributed by atoms with van der Waals surface area (Å²) in [6, 6.07) is 14.7. The number of carbonyl (C=O) groups excluding carboxylic acids is 2. The lowest BCUT2D eigenvalue weighted by molar-refractivity contribution is 0.101. The second-order valence-corrected chi connectivity index (χ2v) is 5.14. The second kappa shape index (κ2) is 5.02. The Hall–Kier alpha value is -2.68. The Labute approximate surface area is 122 Å². The molecule has 0 radical (unpaired) electrons. The molecule has 1 aromatic heterocycles. The fourth-order valence-electron chi connectivity index (χ4n) is 2.58. The Bertz CT molecular complexity index is 844. The van der Waals surface area contributed by atoms with E-state index in [0.717, 1.165) is 16.5 Å². The Kier molecular flexibility index (Phi) is 3.18. The molecule has 0 aliphatic rings. The molecular formula is C18H15NO2. The number of fused-ring (bicyclic) bond motifs is 1. The van der Waals surface area contributed by atoms with Gasteiger partial charge in [-0.05, 0) is 30.7 Å². The van der Waals surface area contributed by atoms with Crippen LogP contribution in [0, 0.1) is 6.92 Å². The van der Waals surface area contributed by atoms with Crippen LogP contribution in [0.3, 0.4) is 0 Å². The largest absolute Gasteiger partial charge is 0.352 e. The van der Waals surface area contributed by atoms with Crippen LogP contribution in [0.2, 0.25) is 0 Å².